The summed E-state index contributed by atoms with van der Waals surface area (Å²) in [4.78, 5) is 32.1. The van der Waals surface area contributed by atoms with Crippen molar-refractivity contribution in [1.82, 2.24) is 19.9 Å². The zero-order valence-electron chi connectivity index (χ0n) is 13.4. The fourth-order valence-electron chi connectivity index (χ4n) is 2.69. The summed E-state index contributed by atoms with van der Waals surface area (Å²) in [5.41, 5.74) is 0.813. The second-order valence-corrected chi connectivity index (χ2v) is 6.13. The van der Waals surface area contributed by atoms with E-state index in [4.69, 9.17) is 16.1 Å². The van der Waals surface area contributed by atoms with Gasteiger partial charge in [-0.25, -0.2) is 0 Å². The third-order valence-electron chi connectivity index (χ3n) is 3.98. The van der Waals surface area contributed by atoms with Crippen molar-refractivity contribution in [2.45, 2.75) is 33.0 Å². The van der Waals surface area contributed by atoms with Crippen LogP contribution in [0.25, 0.3) is 0 Å². The molecule has 7 nitrogen and oxygen atoms in total. The van der Waals surface area contributed by atoms with Crippen molar-refractivity contribution in [2.24, 2.45) is 0 Å². The van der Waals surface area contributed by atoms with E-state index < -0.39 is 6.04 Å². The van der Waals surface area contributed by atoms with Crippen molar-refractivity contribution in [2.75, 3.05) is 6.54 Å². The van der Waals surface area contributed by atoms with Crippen LogP contribution in [-0.4, -0.2) is 44.3 Å². The maximum absolute atomic E-state index is 12.6. The fraction of sp³-hybridized carbons (Fsp3) is 0.375. The van der Waals surface area contributed by atoms with Crippen molar-refractivity contribution in [1.29, 1.82) is 0 Å². The summed E-state index contributed by atoms with van der Waals surface area (Å²) in [7, 11) is 0. The number of piperazine rings is 1. The highest BCUT2D eigenvalue weighted by molar-refractivity contribution is 6.31. The Balaban J connectivity index is 1.73. The molecule has 1 aromatic heterocycles. The molecule has 0 radical (unpaired) electrons. The van der Waals surface area contributed by atoms with Crippen LogP contribution >= 0.6 is 11.6 Å². The summed E-state index contributed by atoms with van der Waals surface area (Å²) in [6, 6.07) is 6.69. The van der Waals surface area contributed by atoms with Gasteiger partial charge >= 0.3 is 0 Å². The van der Waals surface area contributed by atoms with E-state index >= 15 is 0 Å². The van der Waals surface area contributed by atoms with Gasteiger partial charge in [-0.15, -0.1) is 0 Å². The first-order valence-electron chi connectivity index (χ1n) is 7.56. The van der Waals surface area contributed by atoms with Gasteiger partial charge in [0.15, 0.2) is 5.82 Å². The van der Waals surface area contributed by atoms with Crippen molar-refractivity contribution in [3.8, 4) is 0 Å². The lowest BCUT2D eigenvalue weighted by Gasteiger charge is -2.38. The molecular formula is C16H17ClN4O3. The van der Waals surface area contributed by atoms with Gasteiger partial charge in [0.2, 0.25) is 17.7 Å². The van der Waals surface area contributed by atoms with Crippen LogP contribution in [0.1, 0.15) is 24.2 Å². The van der Waals surface area contributed by atoms with Gasteiger partial charge in [0, 0.05) is 11.6 Å². The van der Waals surface area contributed by atoms with Crippen LogP contribution < -0.4 is 0 Å². The van der Waals surface area contributed by atoms with Gasteiger partial charge in [-0.1, -0.05) is 35.0 Å². The minimum atomic E-state index is -0.596. The number of hydrogen-bond acceptors (Lipinski definition) is 5. The first-order valence-corrected chi connectivity index (χ1v) is 7.94. The monoisotopic (exact) mass is 348 g/mol. The summed E-state index contributed by atoms with van der Waals surface area (Å²) in [6.07, 6.45) is 0. The predicted octanol–water partition coefficient (Wildman–Crippen LogP) is 1.79. The number of carbonyl (C=O) groups excluding carboxylic acids is 2. The van der Waals surface area contributed by atoms with Gasteiger partial charge in [-0.2, -0.15) is 4.98 Å². The Morgan fingerprint density at radius 3 is 2.71 bits per heavy atom. The molecule has 2 heterocycles. The standard InChI is InChI=1S/C16H17ClN4O3/c1-10-16(23)20(7-12-5-3-4-6-13(12)17)9-15(22)21(10)8-14-18-11(2)19-24-14/h3-6,10H,7-9H2,1-2H3/t10-/m0/s1. The number of carbonyl (C=O) groups is 2. The Kier molecular flexibility index (Phi) is 4.53. The molecule has 0 spiro atoms. The fourth-order valence-corrected chi connectivity index (χ4v) is 2.88. The van der Waals surface area contributed by atoms with Crippen LogP contribution in [0.15, 0.2) is 28.8 Å². The van der Waals surface area contributed by atoms with Crippen LogP contribution in [0.3, 0.4) is 0 Å². The summed E-state index contributed by atoms with van der Waals surface area (Å²) in [5, 5.41) is 4.28. The summed E-state index contributed by atoms with van der Waals surface area (Å²) in [6.45, 7) is 3.84. The second-order valence-electron chi connectivity index (χ2n) is 5.72. The molecule has 24 heavy (non-hydrogen) atoms. The van der Waals surface area contributed by atoms with Crippen LogP contribution in [0.2, 0.25) is 5.02 Å². The summed E-state index contributed by atoms with van der Waals surface area (Å²) in [5.74, 6) is 0.518. The number of halogens is 1. The lowest BCUT2D eigenvalue weighted by molar-refractivity contribution is -0.156. The molecule has 0 saturated carbocycles. The van der Waals surface area contributed by atoms with E-state index in [1.807, 2.05) is 18.2 Å². The molecule has 0 bridgehead atoms. The molecule has 0 N–H and O–H groups in total. The Labute approximate surface area is 144 Å². The SMILES string of the molecule is Cc1noc(CN2C(=O)CN(Cc3ccccc3Cl)C(=O)[C@@H]2C)n1. The van der Waals surface area contributed by atoms with E-state index in [-0.39, 0.29) is 24.9 Å². The maximum atomic E-state index is 12.6. The van der Waals surface area contributed by atoms with Gasteiger partial charge in [0.05, 0.1) is 0 Å². The number of nitrogens with zero attached hydrogens (tertiary/aromatic N) is 4. The highest BCUT2D eigenvalue weighted by Gasteiger charge is 2.37. The molecule has 1 atom stereocenters. The van der Waals surface area contributed by atoms with E-state index in [2.05, 4.69) is 10.1 Å². The quantitative estimate of drug-likeness (QED) is 0.841. The van der Waals surface area contributed by atoms with E-state index in [1.54, 1.807) is 19.9 Å². The molecule has 0 unspecified atom stereocenters. The van der Waals surface area contributed by atoms with Gasteiger partial charge < -0.3 is 14.3 Å². The van der Waals surface area contributed by atoms with Crippen LogP contribution in [-0.2, 0) is 22.7 Å². The number of hydrogen-bond donors (Lipinski definition) is 0. The van der Waals surface area contributed by atoms with Crippen molar-refractivity contribution >= 4 is 23.4 Å². The highest BCUT2D eigenvalue weighted by Crippen LogP contribution is 2.21. The Hall–Kier alpha value is -2.41. The van der Waals surface area contributed by atoms with Crippen LogP contribution in [0.5, 0.6) is 0 Å². The average molecular weight is 349 g/mol. The molecule has 2 aromatic rings. The first-order chi connectivity index (χ1) is 11.5. The topological polar surface area (TPSA) is 79.5 Å². The molecule has 1 saturated heterocycles. The lowest BCUT2D eigenvalue weighted by Crippen LogP contribution is -2.58. The third-order valence-corrected chi connectivity index (χ3v) is 4.35. The average Bonchev–Trinajstić information content (AvgIpc) is 2.96. The molecule has 3 rings (SSSR count). The number of aromatic nitrogens is 2. The van der Waals surface area contributed by atoms with Crippen molar-refractivity contribution < 1.29 is 14.1 Å². The number of rotatable bonds is 4. The molecular weight excluding hydrogens is 332 g/mol. The highest BCUT2D eigenvalue weighted by atomic mass is 35.5. The smallest absolute Gasteiger partial charge is 0.246 e. The number of aryl methyl sites for hydroxylation is 1. The molecule has 1 aromatic carbocycles. The molecule has 126 valence electrons. The lowest BCUT2D eigenvalue weighted by atomic mass is 10.1. The Bertz CT molecular complexity index is 776. The maximum Gasteiger partial charge on any atom is 0.246 e. The Morgan fingerprint density at radius 2 is 2.04 bits per heavy atom. The van der Waals surface area contributed by atoms with Crippen LogP contribution in [0, 0.1) is 6.92 Å². The molecule has 1 fully saturated rings. The largest absolute Gasteiger partial charge is 0.337 e. The molecule has 1 aliphatic heterocycles. The zero-order valence-corrected chi connectivity index (χ0v) is 14.2. The summed E-state index contributed by atoms with van der Waals surface area (Å²) < 4.78 is 5.04. The van der Waals surface area contributed by atoms with Crippen molar-refractivity contribution in [3.63, 3.8) is 0 Å². The van der Waals surface area contributed by atoms with Gasteiger partial charge in [0.1, 0.15) is 19.1 Å². The van der Waals surface area contributed by atoms with Crippen molar-refractivity contribution in [3.05, 3.63) is 46.6 Å². The first kappa shape index (κ1) is 16.4. The second kappa shape index (κ2) is 6.60. The summed E-state index contributed by atoms with van der Waals surface area (Å²) >= 11 is 6.14. The molecule has 8 heteroatoms. The zero-order chi connectivity index (χ0) is 17.3. The van der Waals surface area contributed by atoms with E-state index in [0.29, 0.717) is 23.3 Å². The molecule has 2 amide bonds. The van der Waals surface area contributed by atoms with Gasteiger partial charge in [-0.05, 0) is 25.5 Å². The van der Waals surface area contributed by atoms with E-state index in [9.17, 15) is 9.59 Å². The van der Waals surface area contributed by atoms with Crippen LogP contribution in [0.4, 0.5) is 0 Å². The Morgan fingerprint density at radius 1 is 1.29 bits per heavy atom. The molecule has 0 aliphatic carbocycles. The minimum absolute atomic E-state index is 0.00150. The van der Waals surface area contributed by atoms with Gasteiger partial charge in [0.25, 0.3) is 0 Å². The van der Waals surface area contributed by atoms with E-state index in [0.717, 1.165) is 5.56 Å². The van der Waals surface area contributed by atoms with Gasteiger partial charge in [-0.3, -0.25) is 9.59 Å². The predicted molar refractivity (Wildman–Crippen MR) is 85.9 cm³/mol. The normalized spacial score (nSPS) is 18.4. The molecule has 1 aliphatic rings. The van der Waals surface area contributed by atoms with E-state index in [1.165, 1.54) is 9.80 Å². The third kappa shape index (κ3) is 3.26. The number of amides is 2. The number of benzene rings is 1. The minimum Gasteiger partial charge on any atom is -0.337 e.